The van der Waals surface area contributed by atoms with Crippen LogP contribution < -0.4 is 0 Å². The zero-order valence-corrected chi connectivity index (χ0v) is 25.6. The van der Waals surface area contributed by atoms with Gasteiger partial charge in [0.2, 0.25) is 0 Å². The standard InChI is InChI=1S/C38H38N2O6/c41-23-25-10-12-28(13-11-25)35-20-32(22-39-18-4-7-31(39)24-42)45-38(46-35)29-16-14-27(15-17-29)30-6-3-5-26(19-30)21-40-36(43)33-8-1-2-9-34(33)37(40)44/h1-3,5-6,8-17,19,31-32,35,38,41-42H,4,7,18,20-24H2/t31-,32-,35+,38+/m0/s1. The van der Waals surface area contributed by atoms with Crippen LogP contribution in [0.15, 0.2) is 97.1 Å². The van der Waals surface area contributed by atoms with Crippen molar-refractivity contribution in [3.05, 3.63) is 130 Å². The highest BCUT2D eigenvalue weighted by molar-refractivity contribution is 6.21. The van der Waals surface area contributed by atoms with Crippen LogP contribution in [0.3, 0.4) is 0 Å². The van der Waals surface area contributed by atoms with Crippen LogP contribution in [-0.4, -0.2) is 63.7 Å². The Hall–Kier alpha value is -4.18. The zero-order valence-electron chi connectivity index (χ0n) is 25.6. The van der Waals surface area contributed by atoms with E-state index in [2.05, 4.69) is 4.90 Å². The second-order valence-corrected chi connectivity index (χ2v) is 12.4. The lowest BCUT2D eigenvalue weighted by Gasteiger charge is -2.38. The molecule has 7 rings (SSSR count). The predicted octanol–water partition coefficient (Wildman–Crippen LogP) is 5.64. The van der Waals surface area contributed by atoms with Crippen molar-refractivity contribution in [1.29, 1.82) is 0 Å². The topological polar surface area (TPSA) is 99.5 Å². The molecule has 0 bridgehead atoms. The van der Waals surface area contributed by atoms with Crippen LogP contribution in [0.2, 0.25) is 0 Å². The third-order valence-electron chi connectivity index (χ3n) is 9.42. The van der Waals surface area contributed by atoms with Crippen molar-refractivity contribution in [2.24, 2.45) is 0 Å². The molecule has 0 radical (unpaired) electrons. The number of carbonyl (C=O) groups is 2. The number of aliphatic hydroxyl groups is 2. The zero-order chi connectivity index (χ0) is 31.6. The summed E-state index contributed by atoms with van der Waals surface area (Å²) < 4.78 is 13.1. The first-order valence-electron chi connectivity index (χ1n) is 16.0. The maximum atomic E-state index is 12.9. The van der Waals surface area contributed by atoms with Gasteiger partial charge in [0, 0.05) is 24.6 Å². The minimum Gasteiger partial charge on any atom is -0.395 e. The van der Waals surface area contributed by atoms with Crippen molar-refractivity contribution in [2.75, 3.05) is 19.7 Å². The molecule has 0 saturated carbocycles. The molecule has 3 aliphatic rings. The summed E-state index contributed by atoms with van der Waals surface area (Å²) in [5, 5.41) is 19.4. The minimum absolute atomic E-state index is 0.00427. The Kier molecular flexibility index (Phi) is 8.80. The lowest BCUT2D eigenvalue weighted by molar-refractivity contribution is -0.253. The summed E-state index contributed by atoms with van der Waals surface area (Å²) >= 11 is 0. The molecule has 4 aromatic rings. The van der Waals surface area contributed by atoms with E-state index < -0.39 is 6.29 Å². The molecule has 2 amide bonds. The number of hydrogen-bond acceptors (Lipinski definition) is 7. The van der Waals surface area contributed by atoms with Crippen molar-refractivity contribution in [3.8, 4) is 11.1 Å². The fourth-order valence-corrected chi connectivity index (χ4v) is 6.88. The summed E-state index contributed by atoms with van der Waals surface area (Å²) in [5.41, 5.74) is 6.56. The smallest absolute Gasteiger partial charge is 0.261 e. The average Bonchev–Trinajstić information content (AvgIpc) is 3.66. The largest absolute Gasteiger partial charge is 0.395 e. The number of hydrogen-bond donors (Lipinski definition) is 2. The van der Waals surface area contributed by atoms with E-state index in [9.17, 15) is 19.8 Å². The second-order valence-electron chi connectivity index (χ2n) is 12.4. The molecule has 3 heterocycles. The molecule has 2 fully saturated rings. The van der Waals surface area contributed by atoms with Gasteiger partial charge in [0.15, 0.2) is 6.29 Å². The summed E-state index contributed by atoms with van der Waals surface area (Å²) in [6.45, 7) is 2.04. The van der Waals surface area contributed by atoms with Crippen molar-refractivity contribution in [1.82, 2.24) is 9.80 Å². The third-order valence-corrected chi connectivity index (χ3v) is 9.42. The summed E-state index contributed by atoms with van der Waals surface area (Å²) in [4.78, 5) is 29.4. The van der Waals surface area contributed by atoms with E-state index in [1.165, 1.54) is 4.90 Å². The molecule has 0 aliphatic carbocycles. The molecule has 8 nitrogen and oxygen atoms in total. The van der Waals surface area contributed by atoms with Crippen molar-refractivity contribution < 1.29 is 29.3 Å². The molecule has 0 spiro atoms. The Morgan fingerprint density at radius 2 is 1.46 bits per heavy atom. The molecule has 2 saturated heterocycles. The van der Waals surface area contributed by atoms with Crippen LogP contribution >= 0.6 is 0 Å². The van der Waals surface area contributed by atoms with Crippen molar-refractivity contribution in [3.63, 3.8) is 0 Å². The van der Waals surface area contributed by atoms with Gasteiger partial charge in [0.05, 0.1) is 43.1 Å². The monoisotopic (exact) mass is 618 g/mol. The lowest BCUT2D eigenvalue weighted by atomic mass is 9.98. The molecule has 4 atom stereocenters. The van der Waals surface area contributed by atoms with E-state index in [1.54, 1.807) is 24.3 Å². The van der Waals surface area contributed by atoms with Gasteiger partial charge in [-0.15, -0.1) is 0 Å². The van der Waals surface area contributed by atoms with E-state index >= 15 is 0 Å². The normalized spacial score (nSPS) is 23.2. The van der Waals surface area contributed by atoms with Crippen LogP contribution in [-0.2, 0) is 22.6 Å². The van der Waals surface area contributed by atoms with Gasteiger partial charge in [-0.05, 0) is 65.4 Å². The number of amides is 2. The molecule has 4 aromatic carbocycles. The van der Waals surface area contributed by atoms with Gasteiger partial charge in [0.1, 0.15) is 0 Å². The molecule has 46 heavy (non-hydrogen) atoms. The van der Waals surface area contributed by atoms with Gasteiger partial charge in [-0.3, -0.25) is 19.4 Å². The molecule has 2 N–H and O–H groups in total. The predicted molar refractivity (Wildman–Crippen MR) is 173 cm³/mol. The van der Waals surface area contributed by atoms with E-state index in [-0.39, 0.29) is 49.8 Å². The van der Waals surface area contributed by atoms with Crippen LogP contribution in [0.1, 0.15) is 74.6 Å². The van der Waals surface area contributed by atoms with Crippen molar-refractivity contribution >= 4 is 11.8 Å². The highest BCUT2D eigenvalue weighted by atomic mass is 16.7. The third kappa shape index (κ3) is 6.15. The Labute approximate surface area is 268 Å². The van der Waals surface area contributed by atoms with E-state index in [1.807, 2.05) is 72.8 Å². The Morgan fingerprint density at radius 3 is 2.15 bits per heavy atom. The maximum absolute atomic E-state index is 12.9. The quantitative estimate of drug-likeness (QED) is 0.234. The number of rotatable bonds is 9. The van der Waals surface area contributed by atoms with Crippen LogP contribution in [0.25, 0.3) is 11.1 Å². The van der Waals surface area contributed by atoms with Gasteiger partial charge in [0.25, 0.3) is 11.8 Å². The van der Waals surface area contributed by atoms with Crippen LogP contribution in [0.5, 0.6) is 0 Å². The van der Waals surface area contributed by atoms with E-state index in [0.717, 1.165) is 59.3 Å². The second kappa shape index (κ2) is 13.3. The molecule has 0 unspecified atom stereocenters. The van der Waals surface area contributed by atoms with Gasteiger partial charge in [-0.2, -0.15) is 0 Å². The van der Waals surface area contributed by atoms with Gasteiger partial charge < -0.3 is 19.7 Å². The summed E-state index contributed by atoms with van der Waals surface area (Å²) in [7, 11) is 0. The average molecular weight is 619 g/mol. The maximum Gasteiger partial charge on any atom is 0.261 e. The molecular formula is C38H38N2O6. The summed E-state index contributed by atoms with van der Waals surface area (Å²) in [6, 6.07) is 31.0. The first-order chi connectivity index (χ1) is 22.5. The number of aliphatic hydroxyl groups excluding tert-OH is 2. The fraction of sp³-hybridized carbons (Fsp3) is 0.316. The van der Waals surface area contributed by atoms with E-state index in [4.69, 9.17) is 9.47 Å². The Morgan fingerprint density at radius 1 is 0.739 bits per heavy atom. The summed E-state index contributed by atoms with van der Waals surface area (Å²) in [6.07, 6.45) is 1.95. The number of ether oxygens (including phenoxy) is 2. The van der Waals surface area contributed by atoms with Crippen molar-refractivity contribution in [2.45, 2.75) is 57.0 Å². The van der Waals surface area contributed by atoms with Gasteiger partial charge in [-0.1, -0.05) is 78.9 Å². The Bertz CT molecular complexity index is 1670. The van der Waals surface area contributed by atoms with Crippen LogP contribution in [0, 0.1) is 0 Å². The number of nitrogens with zero attached hydrogens (tertiary/aromatic N) is 2. The molecule has 0 aromatic heterocycles. The number of benzene rings is 4. The highest BCUT2D eigenvalue weighted by Crippen LogP contribution is 2.39. The van der Waals surface area contributed by atoms with Gasteiger partial charge in [-0.25, -0.2) is 0 Å². The number of imide groups is 1. The molecule has 3 aliphatic heterocycles. The minimum atomic E-state index is -0.564. The van der Waals surface area contributed by atoms with Crippen LogP contribution in [0.4, 0.5) is 0 Å². The Balaban J connectivity index is 1.08. The number of carbonyl (C=O) groups excluding carboxylic acids is 2. The van der Waals surface area contributed by atoms with Gasteiger partial charge >= 0.3 is 0 Å². The molecule has 8 heteroatoms. The molecule has 236 valence electrons. The first-order valence-corrected chi connectivity index (χ1v) is 16.0. The first kappa shape index (κ1) is 30.5. The SMILES string of the molecule is O=C1c2ccccc2C(=O)N1Cc1cccc(-c2ccc([C@@H]3O[C@H](CN4CCC[C@H]4CO)C[C@H](c4ccc(CO)cc4)O3)cc2)c1. The number of likely N-dealkylation sites (tertiary alicyclic amines) is 1. The number of fused-ring (bicyclic) bond motifs is 1. The fourth-order valence-electron chi connectivity index (χ4n) is 6.88. The molecular weight excluding hydrogens is 580 g/mol. The summed E-state index contributed by atoms with van der Waals surface area (Å²) in [5.74, 6) is -0.527. The lowest BCUT2D eigenvalue weighted by Crippen LogP contribution is -2.42. The highest BCUT2D eigenvalue weighted by Gasteiger charge is 2.36. The van der Waals surface area contributed by atoms with E-state index in [0.29, 0.717) is 17.5 Å².